The maximum absolute atomic E-state index is 13.2. The molecule has 0 aliphatic carbocycles. The molecule has 9 heteroatoms. The van der Waals surface area contributed by atoms with E-state index in [9.17, 15) is 18.4 Å². The van der Waals surface area contributed by atoms with Gasteiger partial charge in [0.25, 0.3) is 11.8 Å². The molecule has 25 heavy (non-hydrogen) atoms. The number of benzene rings is 1. The van der Waals surface area contributed by atoms with Gasteiger partial charge in [-0.2, -0.15) is 0 Å². The second-order valence-electron chi connectivity index (χ2n) is 4.91. The standard InChI is InChI=1S/C16H11F2N3O2S2/c17-10-4-9(5-11(18)6-10)14(22)21-16-20-13(8-25-16)15(23)19-7-12-2-1-3-24-12/h1-6,8H,7H2,(H,19,23)(H,20,21,22). The Hall–Kier alpha value is -2.65. The van der Waals surface area contributed by atoms with Gasteiger partial charge < -0.3 is 5.32 Å². The van der Waals surface area contributed by atoms with Crippen molar-refractivity contribution in [2.75, 3.05) is 5.32 Å². The molecule has 0 saturated heterocycles. The summed E-state index contributed by atoms with van der Waals surface area (Å²) in [7, 11) is 0. The van der Waals surface area contributed by atoms with Crippen LogP contribution in [0.2, 0.25) is 0 Å². The van der Waals surface area contributed by atoms with Gasteiger partial charge in [-0.25, -0.2) is 13.8 Å². The van der Waals surface area contributed by atoms with Crippen molar-refractivity contribution in [2.24, 2.45) is 0 Å². The maximum atomic E-state index is 13.2. The monoisotopic (exact) mass is 379 g/mol. The van der Waals surface area contributed by atoms with E-state index in [1.807, 2.05) is 17.5 Å². The van der Waals surface area contributed by atoms with Crippen LogP contribution >= 0.6 is 22.7 Å². The first-order valence-electron chi connectivity index (χ1n) is 7.05. The summed E-state index contributed by atoms with van der Waals surface area (Å²) in [6.07, 6.45) is 0. The zero-order valence-corrected chi connectivity index (χ0v) is 14.2. The van der Waals surface area contributed by atoms with E-state index in [-0.39, 0.29) is 22.3 Å². The topological polar surface area (TPSA) is 71.1 Å². The van der Waals surface area contributed by atoms with Gasteiger partial charge in [-0.3, -0.25) is 14.9 Å². The highest BCUT2D eigenvalue weighted by Crippen LogP contribution is 2.18. The number of hydrogen-bond donors (Lipinski definition) is 2. The molecule has 5 nitrogen and oxygen atoms in total. The lowest BCUT2D eigenvalue weighted by molar-refractivity contribution is 0.0945. The summed E-state index contributed by atoms with van der Waals surface area (Å²) in [5.74, 6) is -2.78. The van der Waals surface area contributed by atoms with Gasteiger partial charge in [-0.05, 0) is 23.6 Å². The summed E-state index contributed by atoms with van der Waals surface area (Å²) in [5.41, 5.74) is -0.0151. The molecule has 0 unspecified atom stereocenters. The molecule has 0 atom stereocenters. The summed E-state index contributed by atoms with van der Waals surface area (Å²) in [6, 6.07) is 6.30. The first-order valence-corrected chi connectivity index (χ1v) is 8.81. The number of anilines is 1. The van der Waals surface area contributed by atoms with Crippen molar-refractivity contribution in [3.63, 3.8) is 0 Å². The van der Waals surface area contributed by atoms with Crippen molar-refractivity contribution >= 4 is 39.6 Å². The van der Waals surface area contributed by atoms with Crippen LogP contribution in [-0.4, -0.2) is 16.8 Å². The number of amides is 2. The van der Waals surface area contributed by atoms with Gasteiger partial charge in [0.2, 0.25) is 0 Å². The lowest BCUT2D eigenvalue weighted by Gasteiger charge is -2.02. The third kappa shape index (κ3) is 4.46. The van der Waals surface area contributed by atoms with Crippen LogP contribution in [0.15, 0.2) is 41.1 Å². The molecule has 0 fully saturated rings. The molecule has 1 aromatic carbocycles. The summed E-state index contributed by atoms with van der Waals surface area (Å²) in [4.78, 5) is 29.0. The van der Waals surface area contributed by atoms with E-state index in [1.54, 1.807) is 0 Å². The Bertz CT molecular complexity index is 890. The van der Waals surface area contributed by atoms with Crippen LogP contribution in [0, 0.1) is 11.6 Å². The third-order valence-electron chi connectivity index (χ3n) is 3.09. The van der Waals surface area contributed by atoms with E-state index in [0.29, 0.717) is 12.6 Å². The van der Waals surface area contributed by atoms with Crippen molar-refractivity contribution in [3.8, 4) is 0 Å². The van der Waals surface area contributed by atoms with Crippen LogP contribution in [0.5, 0.6) is 0 Å². The minimum absolute atomic E-state index is 0.155. The number of carbonyl (C=O) groups is 2. The van der Waals surface area contributed by atoms with Gasteiger partial charge in [0, 0.05) is 21.9 Å². The number of thiazole rings is 1. The van der Waals surface area contributed by atoms with Crippen LogP contribution in [0.3, 0.4) is 0 Å². The molecule has 3 rings (SSSR count). The summed E-state index contributed by atoms with van der Waals surface area (Å²) in [6.45, 7) is 0.387. The number of halogens is 2. The number of thiophene rings is 1. The third-order valence-corrected chi connectivity index (χ3v) is 4.72. The molecule has 0 bridgehead atoms. The van der Waals surface area contributed by atoms with E-state index < -0.39 is 17.5 Å². The molecule has 0 spiro atoms. The largest absolute Gasteiger partial charge is 0.346 e. The van der Waals surface area contributed by atoms with Crippen LogP contribution in [-0.2, 0) is 6.54 Å². The van der Waals surface area contributed by atoms with E-state index in [1.165, 1.54) is 16.7 Å². The average molecular weight is 379 g/mol. The molecule has 2 heterocycles. The fraction of sp³-hybridized carbons (Fsp3) is 0.0625. The molecule has 0 radical (unpaired) electrons. The Morgan fingerprint density at radius 2 is 1.84 bits per heavy atom. The van der Waals surface area contributed by atoms with E-state index in [4.69, 9.17) is 0 Å². The van der Waals surface area contributed by atoms with Crippen molar-refractivity contribution in [1.82, 2.24) is 10.3 Å². The first kappa shape index (κ1) is 17.2. The minimum Gasteiger partial charge on any atom is -0.346 e. The van der Waals surface area contributed by atoms with E-state index in [0.717, 1.165) is 28.3 Å². The lowest BCUT2D eigenvalue weighted by atomic mass is 10.2. The van der Waals surface area contributed by atoms with Gasteiger partial charge in [0.15, 0.2) is 5.13 Å². The summed E-state index contributed by atoms with van der Waals surface area (Å²) < 4.78 is 26.3. The highest BCUT2D eigenvalue weighted by molar-refractivity contribution is 7.14. The molecule has 0 aliphatic rings. The number of rotatable bonds is 5. The zero-order valence-electron chi connectivity index (χ0n) is 12.6. The smallest absolute Gasteiger partial charge is 0.271 e. The zero-order chi connectivity index (χ0) is 17.8. The fourth-order valence-corrected chi connectivity index (χ4v) is 3.29. The fourth-order valence-electron chi connectivity index (χ4n) is 1.96. The predicted molar refractivity (Wildman–Crippen MR) is 91.9 cm³/mol. The predicted octanol–water partition coefficient (Wildman–Crippen LogP) is 3.67. The SMILES string of the molecule is O=C(Nc1nc(C(=O)NCc2cccs2)cs1)c1cc(F)cc(F)c1. The van der Waals surface area contributed by atoms with Crippen LogP contribution < -0.4 is 10.6 Å². The maximum Gasteiger partial charge on any atom is 0.271 e. The second kappa shape index (κ2) is 7.49. The summed E-state index contributed by atoms with van der Waals surface area (Å²) in [5, 5.41) is 8.70. The number of hydrogen-bond acceptors (Lipinski definition) is 5. The van der Waals surface area contributed by atoms with Crippen LogP contribution in [0.4, 0.5) is 13.9 Å². The number of carbonyl (C=O) groups excluding carboxylic acids is 2. The van der Waals surface area contributed by atoms with Gasteiger partial charge in [0.05, 0.1) is 6.54 Å². The number of nitrogens with one attached hydrogen (secondary N) is 2. The summed E-state index contributed by atoms with van der Waals surface area (Å²) >= 11 is 2.57. The number of nitrogens with zero attached hydrogens (tertiary/aromatic N) is 1. The van der Waals surface area contributed by atoms with E-state index >= 15 is 0 Å². The molecular formula is C16H11F2N3O2S2. The molecule has 3 aromatic rings. The molecular weight excluding hydrogens is 368 g/mol. The van der Waals surface area contributed by atoms with Crippen molar-refractivity contribution in [1.29, 1.82) is 0 Å². The molecule has 0 aliphatic heterocycles. The number of aromatic nitrogens is 1. The molecule has 2 aromatic heterocycles. The Labute approximate surface area is 149 Å². The molecule has 128 valence electrons. The Morgan fingerprint density at radius 3 is 2.52 bits per heavy atom. The lowest BCUT2D eigenvalue weighted by Crippen LogP contribution is -2.22. The first-order chi connectivity index (χ1) is 12.0. The van der Waals surface area contributed by atoms with Crippen LogP contribution in [0.1, 0.15) is 25.7 Å². The van der Waals surface area contributed by atoms with Crippen molar-refractivity contribution in [3.05, 3.63) is 68.9 Å². The normalized spacial score (nSPS) is 10.5. The molecule has 0 saturated carbocycles. The van der Waals surface area contributed by atoms with Gasteiger partial charge in [-0.15, -0.1) is 22.7 Å². The Morgan fingerprint density at radius 1 is 1.08 bits per heavy atom. The van der Waals surface area contributed by atoms with E-state index in [2.05, 4.69) is 15.6 Å². The quantitative estimate of drug-likeness (QED) is 0.711. The van der Waals surface area contributed by atoms with Crippen molar-refractivity contribution < 1.29 is 18.4 Å². The van der Waals surface area contributed by atoms with Crippen molar-refractivity contribution in [2.45, 2.75) is 6.54 Å². The minimum atomic E-state index is -0.849. The van der Waals surface area contributed by atoms with Gasteiger partial charge in [0.1, 0.15) is 17.3 Å². The second-order valence-corrected chi connectivity index (χ2v) is 6.80. The highest BCUT2D eigenvalue weighted by Gasteiger charge is 2.14. The van der Waals surface area contributed by atoms with Gasteiger partial charge in [-0.1, -0.05) is 6.07 Å². The highest BCUT2D eigenvalue weighted by atomic mass is 32.1. The Kier molecular flexibility index (Phi) is 5.15. The molecule has 2 amide bonds. The average Bonchev–Trinajstić information content (AvgIpc) is 3.23. The van der Waals surface area contributed by atoms with Gasteiger partial charge >= 0.3 is 0 Å². The van der Waals surface area contributed by atoms with Crippen LogP contribution in [0.25, 0.3) is 0 Å². The molecule has 2 N–H and O–H groups in total. The Balaban J connectivity index is 1.62.